The Labute approximate surface area is 163 Å². The number of rotatable bonds is 7. The average molecular weight is 385 g/mol. The number of anilines is 2. The van der Waals surface area contributed by atoms with E-state index in [1.54, 1.807) is 68.4 Å². The van der Waals surface area contributed by atoms with Gasteiger partial charge in [-0.15, -0.1) is 0 Å². The molecule has 2 aromatic carbocycles. The van der Waals surface area contributed by atoms with Crippen LogP contribution in [0.1, 0.15) is 6.92 Å². The van der Waals surface area contributed by atoms with Crippen molar-refractivity contribution in [1.82, 2.24) is 4.90 Å². The van der Waals surface area contributed by atoms with Crippen LogP contribution in [0.3, 0.4) is 0 Å². The molecule has 0 radical (unpaired) electrons. The van der Waals surface area contributed by atoms with Gasteiger partial charge in [-0.2, -0.15) is 0 Å². The van der Waals surface area contributed by atoms with Crippen LogP contribution in [0.15, 0.2) is 42.5 Å². The third-order valence-electron chi connectivity index (χ3n) is 4.45. The molecule has 0 unspecified atom stereocenters. The summed E-state index contributed by atoms with van der Waals surface area (Å²) in [6.07, 6.45) is 0. The predicted molar refractivity (Wildman–Crippen MR) is 105 cm³/mol. The molecule has 3 rings (SSSR count). The highest BCUT2D eigenvalue weighted by Gasteiger charge is 2.21. The molecule has 2 aromatic rings. The Morgan fingerprint density at radius 2 is 1.75 bits per heavy atom. The third-order valence-corrected chi connectivity index (χ3v) is 4.45. The highest BCUT2D eigenvalue weighted by molar-refractivity contribution is 5.96. The van der Waals surface area contributed by atoms with Gasteiger partial charge in [0.05, 0.1) is 19.7 Å². The van der Waals surface area contributed by atoms with Gasteiger partial charge in [0.25, 0.3) is 0 Å². The SMILES string of the molecule is COc1ccc(NC(=O)CN(C)[C@H](C)C(=O)Nc2ccc3c(c2)OCO3)cc1. The van der Waals surface area contributed by atoms with Crippen molar-refractivity contribution >= 4 is 23.2 Å². The molecular weight excluding hydrogens is 362 g/mol. The molecule has 0 saturated heterocycles. The van der Waals surface area contributed by atoms with Crippen molar-refractivity contribution in [3.05, 3.63) is 42.5 Å². The average Bonchev–Trinajstić information content (AvgIpc) is 3.15. The minimum Gasteiger partial charge on any atom is -0.497 e. The zero-order valence-corrected chi connectivity index (χ0v) is 16.0. The minimum absolute atomic E-state index is 0.0712. The summed E-state index contributed by atoms with van der Waals surface area (Å²) in [6, 6.07) is 11.7. The summed E-state index contributed by atoms with van der Waals surface area (Å²) in [5, 5.41) is 5.62. The number of fused-ring (bicyclic) bond motifs is 1. The lowest BCUT2D eigenvalue weighted by Gasteiger charge is -2.23. The van der Waals surface area contributed by atoms with Crippen molar-refractivity contribution in [3.63, 3.8) is 0 Å². The first-order valence-electron chi connectivity index (χ1n) is 8.81. The molecule has 8 heteroatoms. The Morgan fingerprint density at radius 3 is 2.46 bits per heavy atom. The molecule has 148 valence electrons. The molecule has 2 N–H and O–H groups in total. The summed E-state index contributed by atoms with van der Waals surface area (Å²) >= 11 is 0. The fourth-order valence-electron chi connectivity index (χ4n) is 2.66. The van der Waals surface area contributed by atoms with Gasteiger partial charge in [0.1, 0.15) is 5.75 Å². The summed E-state index contributed by atoms with van der Waals surface area (Å²) in [4.78, 5) is 26.4. The molecule has 0 spiro atoms. The van der Waals surface area contributed by atoms with Crippen molar-refractivity contribution in [1.29, 1.82) is 0 Å². The Balaban J connectivity index is 1.51. The molecule has 2 amide bonds. The number of hydrogen-bond donors (Lipinski definition) is 2. The van der Waals surface area contributed by atoms with Crippen molar-refractivity contribution < 1.29 is 23.8 Å². The number of benzene rings is 2. The molecule has 1 atom stereocenters. The Morgan fingerprint density at radius 1 is 1.07 bits per heavy atom. The maximum atomic E-state index is 12.5. The maximum absolute atomic E-state index is 12.5. The summed E-state index contributed by atoms with van der Waals surface area (Å²) in [6.45, 7) is 1.99. The molecule has 8 nitrogen and oxygen atoms in total. The largest absolute Gasteiger partial charge is 0.497 e. The topological polar surface area (TPSA) is 89.1 Å². The van der Waals surface area contributed by atoms with Gasteiger partial charge >= 0.3 is 0 Å². The van der Waals surface area contributed by atoms with Gasteiger partial charge in [0.2, 0.25) is 18.6 Å². The molecule has 1 aliphatic rings. The van der Waals surface area contributed by atoms with Crippen molar-refractivity contribution in [2.45, 2.75) is 13.0 Å². The lowest BCUT2D eigenvalue weighted by atomic mass is 10.2. The Bertz CT molecular complexity index is 853. The monoisotopic (exact) mass is 385 g/mol. The van der Waals surface area contributed by atoms with E-state index in [-0.39, 0.29) is 25.2 Å². The zero-order valence-electron chi connectivity index (χ0n) is 16.0. The number of methoxy groups -OCH3 is 1. The van der Waals surface area contributed by atoms with Gasteiger partial charge in [-0.1, -0.05) is 0 Å². The lowest BCUT2D eigenvalue weighted by Crippen LogP contribution is -2.43. The van der Waals surface area contributed by atoms with Gasteiger partial charge in [0, 0.05) is 17.4 Å². The summed E-state index contributed by atoms with van der Waals surface area (Å²) in [5.41, 5.74) is 1.27. The zero-order chi connectivity index (χ0) is 20.1. The number of amides is 2. The second-order valence-corrected chi connectivity index (χ2v) is 6.43. The molecule has 1 aliphatic heterocycles. The molecule has 0 aromatic heterocycles. The van der Waals surface area contributed by atoms with Crippen LogP contribution in [-0.2, 0) is 9.59 Å². The first-order chi connectivity index (χ1) is 13.5. The molecule has 0 fully saturated rings. The van der Waals surface area contributed by atoms with E-state index in [0.29, 0.717) is 28.6 Å². The lowest BCUT2D eigenvalue weighted by molar-refractivity contribution is -0.122. The molecular formula is C20H23N3O5. The molecule has 0 aliphatic carbocycles. The maximum Gasteiger partial charge on any atom is 0.241 e. The van der Waals surface area contributed by atoms with Crippen molar-refractivity contribution in [2.75, 3.05) is 38.1 Å². The van der Waals surface area contributed by atoms with Gasteiger partial charge in [-0.25, -0.2) is 0 Å². The highest BCUT2D eigenvalue weighted by Crippen LogP contribution is 2.34. The summed E-state index contributed by atoms with van der Waals surface area (Å²) < 4.78 is 15.7. The molecule has 0 bridgehead atoms. The van der Waals surface area contributed by atoms with E-state index in [4.69, 9.17) is 14.2 Å². The fraction of sp³-hybridized carbons (Fsp3) is 0.300. The predicted octanol–water partition coefficient (Wildman–Crippen LogP) is 2.32. The number of likely N-dealkylation sites (N-methyl/N-ethyl adjacent to an activating group) is 1. The molecule has 0 saturated carbocycles. The number of nitrogens with zero attached hydrogens (tertiary/aromatic N) is 1. The Hall–Kier alpha value is -3.26. The summed E-state index contributed by atoms with van der Waals surface area (Å²) in [5.74, 6) is 1.52. The minimum atomic E-state index is -0.507. The van der Waals surface area contributed by atoms with Crippen LogP contribution in [0.2, 0.25) is 0 Å². The van der Waals surface area contributed by atoms with Crippen LogP contribution < -0.4 is 24.8 Å². The standard InChI is InChI=1S/C20H23N3O5/c1-13(20(25)22-15-6-9-17-18(10-15)28-12-27-17)23(2)11-19(24)21-14-4-7-16(26-3)8-5-14/h4-10,13H,11-12H2,1-3H3,(H,21,24)(H,22,25)/t13-/m1/s1. The normalized spacial score (nSPS) is 13.1. The fourth-order valence-corrected chi connectivity index (χ4v) is 2.66. The van der Waals surface area contributed by atoms with E-state index < -0.39 is 6.04 Å². The van der Waals surface area contributed by atoms with Crippen LogP contribution in [0, 0.1) is 0 Å². The number of nitrogens with one attached hydrogen (secondary N) is 2. The first-order valence-corrected chi connectivity index (χ1v) is 8.81. The van der Waals surface area contributed by atoms with Gasteiger partial charge in [-0.05, 0) is 50.4 Å². The third kappa shape index (κ3) is 4.72. The van der Waals surface area contributed by atoms with Crippen LogP contribution in [-0.4, -0.2) is 50.3 Å². The number of carbonyl (C=O) groups excluding carboxylic acids is 2. The van der Waals surface area contributed by atoms with Crippen molar-refractivity contribution in [3.8, 4) is 17.2 Å². The van der Waals surface area contributed by atoms with Crippen LogP contribution >= 0.6 is 0 Å². The number of carbonyl (C=O) groups is 2. The van der Waals surface area contributed by atoms with Gasteiger partial charge in [-0.3, -0.25) is 14.5 Å². The van der Waals surface area contributed by atoms with E-state index in [0.717, 1.165) is 0 Å². The van der Waals surface area contributed by atoms with Crippen LogP contribution in [0.5, 0.6) is 17.2 Å². The van der Waals surface area contributed by atoms with E-state index >= 15 is 0 Å². The molecule has 28 heavy (non-hydrogen) atoms. The van der Waals surface area contributed by atoms with Crippen LogP contribution in [0.4, 0.5) is 11.4 Å². The smallest absolute Gasteiger partial charge is 0.241 e. The van der Waals surface area contributed by atoms with Crippen LogP contribution in [0.25, 0.3) is 0 Å². The number of ether oxygens (including phenoxy) is 3. The van der Waals surface area contributed by atoms with Gasteiger partial charge in [0.15, 0.2) is 11.5 Å². The Kier molecular flexibility index (Phi) is 6.00. The second kappa shape index (κ2) is 8.62. The highest BCUT2D eigenvalue weighted by atomic mass is 16.7. The van der Waals surface area contributed by atoms with E-state index in [2.05, 4.69) is 10.6 Å². The molecule has 1 heterocycles. The van der Waals surface area contributed by atoms with E-state index in [1.807, 2.05) is 0 Å². The van der Waals surface area contributed by atoms with Gasteiger partial charge < -0.3 is 24.8 Å². The van der Waals surface area contributed by atoms with E-state index in [1.165, 1.54) is 0 Å². The first kappa shape index (κ1) is 19.5. The van der Waals surface area contributed by atoms with Crippen molar-refractivity contribution in [2.24, 2.45) is 0 Å². The second-order valence-electron chi connectivity index (χ2n) is 6.43. The quantitative estimate of drug-likeness (QED) is 0.760. The van der Waals surface area contributed by atoms with E-state index in [9.17, 15) is 9.59 Å². The summed E-state index contributed by atoms with van der Waals surface area (Å²) in [7, 11) is 3.30. The number of hydrogen-bond acceptors (Lipinski definition) is 6.